The average Bonchev–Trinajstić information content (AvgIpc) is 2.26. The van der Waals surface area contributed by atoms with Crippen molar-refractivity contribution in [1.82, 2.24) is 4.90 Å². The van der Waals surface area contributed by atoms with E-state index < -0.39 is 6.10 Å². The Morgan fingerprint density at radius 1 is 1.53 bits per heavy atom. The van der Waals surface area contributed by atoms with Gasteiger partial charge in [0.15, 0.2) is 0 Å². The first-order chi connectivity index (χ1) is 8.02. The zero-order valence-corrected chi connectivity index (χ0v) is 11.5. The van der Waals surface area contributed by atoms with E-state index >= 15 is 0 Å². The molecule has 1 atom stereocenters. The van der Waals surface area contributed by atoms with Crippen LogP contribution < -0.4 is 5.32 Å². The molecular formula is C12H16BrN3O. The van der Waals surface area contributed by atoms with Crippen LogP contribution in [0, 0.1) is 11.3 Å². The molecule has 0 saturated heterocycles. The molecule has 1 aromatic rings. The molecule has 2 N–H and O–H groups in total. The van der Waals surface area contributed by atoms with Crippen LogP contribution in [0.2, 0.25) is 0 Å². The molecule has 1 aromatic carbocycles. The fraction of sp³-hybridized carbons (Fsp3) is 0.417. The normalized spacial score (nSPS) is 12.2. The van der Waals surface area contributed by atoms with E-state index in [9.17, 15) is 5.11 Å². The molecule has 0 heterocycles. The Bertz CT molecular complexity index is 415. The molecule has 4 nitrogen and oxygen atoms in total. The highest BCUT2D eigenvalue weighted by Gasteiger charge is 2.07. The Balaban J connectivity index is 2.55. The van der Waals surface area contributed by atoms with E-state index in [1.165, 1.54) is 0 Å². The monoisotopic (exact) mass is 297 g/mol. The van der Waals surface area contributed by atoms with E-state index in [1.54, 1.807) is 12.1 Å². The molecule has 1 unspecified atom stereocenters. The van der Waals surface area contributed by atoms with Gasteiger partial charge in [-0.05, 0) is 48.2 Å². The summed E-state index contributed by atoms with van der Waals surface area (Å²) in [7, 11) is 3.84. The quantitative estimate of drug-likeness (QED) is 0.868. The van der Waals surface area contributed by atoms with Gasteiger partial charge < -0.3 is 15.3 Å². The van der Waals surface area contributed by atoms with Crippen LogP contribution in [0.3, 0.4) is 0 Å². The van der Waals surface area contributed by atoms with Crippen LogP contribution in [0.4, 0.5) is 5.69 Å². The number of benzene rings is 1. The predicted octanol–water partition coefficient (Wildman–Crippen LogP) is 1.66. The summed E-state index contributed by atoms with van der Waals surface area (Å²) in [5.41, 5.74) is 1.48. The van der Waals surface area contributed by atoms with Crippen LogP contribution in [-0.4, -0.2) is 43.3 Å². The number of aliphatic hydroxyl groups is 1. The van der Waals surface area contributed by atoms with Gasteiger partial charge in [0.25, 0.3) is 0 Å². The first kappa shape index (κ1) is 14.0. The summed E-state index contributed by atoms with van der Waals surface area (Å²) in [6.07, 6.45) is -0.424. The third-order valence-electron chi connectivity index (χ3n) is 2.20. The molecule has 1 rings (SSSR count). The van der Waals surface area contributed by atoms with Crippen LogP contribution in [0.1, 0.15) is 5.56 Å². The van der Waals surface area contributed by atoms with Crippen LogP contribution >= 0.6 is 15.9 Å². The lowest BCUT2D eigenvalue weighted by Gasteiger charge is -2.17. The summed E-state index contributed by atoms with van der Waals surface area (Å²) < 4.78 is 0.827. The fourth-order valence-electron chi connectivity index (χ4n) is 1.44. The zero-order valence-electron chi connectivity index (χ0n) is 9.94. The third-order valence-corrected chi connectivity index (χ3v) is 2.86. The van der Waals surface area contributed by atoms with Gasteiger partial charge in [-0.15, -0.1) is 0 Å². The summed E-state index contributed by atoms with van der Waals surface area (Å²) in [5.74, 6) is 0. The minimum atomic E-state index is -0.424. The minimum absolute atomic E-state index is 0.424. The lowest BCUT2D eigenvalue weighted by Crippen LogP contribution is -2.31. The maximum Gasteiger partial charge on any atom is 0.0992 e. The van der Waals surface area contributed by atoms with Crippen LogP contribution in [0.5, 0.6) is 0 Å². The van der Waals surface area contributed by atoms with E-state index in [-0.39, 0.29) is 0 Å². The number of nitrogens with zero attached hydrogens (tertiary/aromatic N) is 2. The molecule has 0 spiro atoms. The van der Waals surface area contributed by atoms with Crippen LogP contribution in [0.25, 0.3) is 0 Å². The van der Waals surface area contributed by atoms with E-state index in [2.05, 4.69) is 27.3 Å². The minimum Gasteiger partial charge on any atom is -0.390 e. The molecule has 17 heavy (non-hydrogen) atoms. The van der Waals surface area contributed by atoms with Crippen molar-refractivity contribution in [3.8, 4) is 6.07 Å². The first-order valence-corrected chi connectivity index (χ1v) is 6.08. The fourth-order valence-corrected chi connectivity index (χ4v) is 1.96. The SMILES string of the molecule is CN(C)CC(O)CNc1ccc(C#N)cc1Br. The van der Waals surface area contributed by atoms with E-state index in [4.69, 9.17) is 5.26 Å². The third kappa shape index (κ3) is 4.73. The summed E-state index contributed by atoms with van der Waals surface area (Å²) >= 11 is 3.38. The van der Waals surface area contributed by atoms with Gasteiger partial charge in [0.1, 0.15) is 0 Å². The van der Waals surface area contributed by atoms with Crippen molar-refractivity contribution in [2.24, 2.45) is 0 Å². The first-order valence-electron chi connectivity index (χ1n) is 5.29. The molecule has 0 aliphatic heterocycles. The Labute approximate surface area is 110 Å². The Kier molecular flexibility index (Phi) is 5.42. The molecule has 92 valence electrons. The lowest BCUT2D eigenvalue weighted by atomic mass is 10.2. The van der Waals surface area contributed by atoms with Crippen molar-refractivity contribution in [2.75, 3.05) is 32.5 Å². The van der Waals surface area contributed by atoms with E-state index in [1.807, 2.05) is 25.1 Å². The summed E-state index contributed by atoms with van der Waals surface area (Å²) in [5, 5.41) is 21.6. The lowest BCUT2D eigenvalue weighted by molar-refractivity contribution is 0.148. The van der Waals surface area contributed by atoms with Crippen molar-refractivity contribution >= 4 is 21.6 Å². The molecule has 5 heteroatoms. The number of aliphatic hydroxyl groups excluding tert-OH is 1. The molecule has 0 aliphatic carbocycles. The number of nitrogens with one attached hydrogen (secondary N) is 1. The molecular weight excluding hydrogens is 282 g/mol. The maximum atomic E-state index is 9.70. The number of hydrogen-bond donors (Lipinski definition) is 2. The Hall–Kier alpha value is -1.09. The van der Waals surface area contributed by atoms with Gasteiger partial charge >= 0.3 is 0 Å². The van der Waals surface area contributed by atoms with Gasteiger partial charge in [-0.1, -0.05) is 0 Å². The second kappa shape index (κ2) is 6.60. The molecule has 0 radical (unpaired) electrons. The van der Waals surface area contributed by atoms with Gasteiger partial charge in [0, 0.05) is 23.2 Å². The van der Waals surface area contributed by atoms with Gasteiger partial charge in [-0.2, -0.15) is 5.26 Å². The van der Waals surface area contributed by atoms with Gasteiger partial charge in [-0.25, -0.2) is 0 Å². The maximum absolute atomic E-state index is 9.70. The van der Waals surface area contributed by atoms with Crippen molar-refractivity contribution in [1.29, 1.82) is 5.26 Å². The highest BCUT2D eigenvalue weighted by atomic mass is 79.9. The number of anilines is 1. The molecule has 0 saturated carbocycles. The molecule has 0 aliphatic rings. The van der Waals surface area contributed by atoms with Crippen molar-refractivity contribution < 1.29 is 5.11 Å². The number of nitriles is 1. The topological polar surface area (TPSA) is 59.3 Å². The predicted molar refractivity (Wildman–Crippen MR) is 71.9 cm³/mol. The molecule has 0 fully saturated rings. The van der Waals surface area contributed by atoms with Gasteiger partial charge in [0.05, 0.1) is 17.7 Å². The molecule has 0 bridgehead atoms. The van der Waals surface area contributed by atoms with Gasteiger partial charge in [-0.3, -0.25) is 0 Å². The largest absolute Gasteiger partial charge is 0.390 e. The van der Waals surface area contributed by atoms with Gasteiger partial charge in [0.2, 0.25) is 0 Å². The smallest absolute Gasteiger partial charge is 0.0992 e. The number of hydrogen-bond acceptors (Lipinski definition) is 4. The number of rotatable bonds is 5. The van der Waals surface area contributed by atoms with Crippen molar-refractivity contribution in [3.63, 3.8) is 0 Å². The van der Waals surface area contributed by atoms with Crippen molar-refractivity contribution in [2.45, 2.75) is 6.10 Å². The van der Waals surface area contributed by atoms with E-state index in [0.29, 0.717) is 18.7 Å². The average molecular weight is 298 g/mol. The Morgan fingerprint density at radius 2 is 2.24 bits per heavy atom. The second-order valence-electron chi connectivity index (χ2n) is 4.10. The van der Waals surface area contributed by atoms with Crippen LogP contribution in [-0.2, 0) is 0 Å². The number of halogens is 1. The Morgan fingerprint density at radius 3 is 2.76 bits per heavy atom. The van der Waals surface area contributed by atoms with E-state index in [0.717, 1.165) is 10.2 Å². The second-order valence-corrected chi connectivity index (χ2v) is 4.96. The summed E-state index contributed by atoms with van der Waals surface area (Å²) in [6.45, 7) is 1.09. The molecule has 0 aromatic heterocycles. The highest BCUT2D eigenvalue weighted by Crippen LogP contribution is 2.23. The zero-order chi connectivity index (χ0) is 12.8. The standard InChI is InChI=1S/C12H16BrN3O/c1-16(2)8-10(17)7-15-12-4-3-9(6-14)5-11(12)13/h3-5,10,15,17H,7-8H2,1-2H3. The summed E-state index contributed by atoms with van der Waals surface area (Å²) in [6, 6.07) is 7.39. The molecule has 0 amide bonds. The van der Waals surface area contributed by atoms with Crippen molar-refractivity contribution in [3.05, 3.63) is 28.2 Å². The highest BCUT2D eigenvalue weighted by molar-refractivity contribution is 9.10. The van der Waals surface area contributed by atoms with Crippen LogP contribution in [0.15, 0.2) is 22.7 Å². The summed E-state index contributed by atoms with van der Waals surface area (Å²) in [4.78, 5) is 1.93. The number of likely N-dealkylation sites (N-methyl/N-ethyl adjacent to an activating group) is 1.